The number of hydrogen-bond donors (Lipinski definition) is 0. The van der Waals surface area contributed by atoms with E-state index in [1.807, 2.05) is 0 Å². The Kier molecular flexibility index (Phi) is 5.58. The molecule has 0 aliphatic rings. The van der Waals surface area contributed by atoms with Gasteiger partial charge in [-0.2, -0.15) is 0 Å². The van der Waals surface area contributed by atoms with Crippen molar-refractivity contribution < 1.29 is 14.4 Å². The highest BCUT2D eigenvalue weighted by molar-refractivity contribution is 6.66. The lowest BCUT2D eigenvalue weighted by molar-refractivity contribution is -0.118. The molecule has 0 saturated heterocycles. The lowest BCUT2D eigenvalue weighted by Crippen LogP contribution is -1.96. The summed E-state index contributed by atoms with van der Waals surface area (Å²) in [5.74, 6) is -0.349. The van der Waals surface area contributed by atoms with Gasteiger partial charge in [0.05, 0.1) is 0 Å². The summed E-state index contributed by atoms with van der Waals surface area (Å²) >= 11 is 9.89. The van der Waals surface area contributed by atoms with E-state index in [1.165, 1.54) is 0 Å². The number of halogens is 2. The Morgan fingerprint density at radius 1 is 1.00 bits per heavy atom. The Morgan fingerprint density at radius 2 is 1.58 bits per heavy atom. The molecule has 0 saturated carbocycles. The highest BCUT2D eigenvalue weighted by Gasteiger charge is 2.01. The molecule has 0 heterocycles. The second-order valence-electron chi connectivity index (χ2n) is 1.96. The van der Waals surface area contributed by atoms with Gasteiger partial charge in [0, 0.05) is 18.9 Å². The summed E-state index contributed by atoms with van der Waals surface area (Å²) in [5, 5.41) is -1.30. The highest BCUT2D eigenvalue weighted by Crippen LogP contribution is 1.97. The molecule has 5 heteroatoms. The summed E-state index contributed by atoms with van der Waals surface area (Å²) in [5.41, 5.74) is 0. The SMILES string of the molecule is O=C(Cl)/C=C\C(=O)CCC(=O)Cl. The van der Waals surface area contributed by atoms with E-state index in [1.54, 1.807) is 0 Å². The van der Waals surface area contributed by atoms with E-state index >= 15 is 0 Å². The zero-order valence-electron chi connectivity index (χ0n) is 6.05. The summed E-state index contributed by atoms with van der Waals surface area (Å²) < 4.78 is 0. The van der Waals surface area contributed by atoms with E-state index in [9.17, 15) is 14.4 Å². The van der Waals surface area contributed by atoms with Crippen LogP contribution in [0.25, 0.3) is 0 Å². The van der Waals surface area contributed by atoms with Crippen molar-refractivity contribution in [3.05, 3.63) is 12.2 Å². The summed E-state index contributed by atoms with van der Waals surface area (Å²) in [6, 6.07) is 0. The second kappa shape index (κ2) is 5.91. The summed E-state index contributed by atoms with van der Waals surface area (Å²) in [6.45, 7) is 0. The molecule has 0 radical (unpaired) electrons. The molecule has 0 fully saturated rings. The van der Waals surface area contributed by atoms with Crippen LogP contribution in [0.1, 0.15) is 12.8 Å². The normalized spacial score (nSPS) is 10.2. The number of rotatable bonds is 5. The van der Waals surface area contributed by atoms with E-state index in [2.05, 4.69) is 0 Å². The van der Waals surface area contributed by atoms with Gasteiger partial charge in [0.1, 0.15) is 0 Å². The zero-order valence-corrected chi connectivity index (χ0v) is 7.56. The molecule has 0 N–H and O–H groups in total. The van der Waals surface area contributed by atoms with Crippen molar-refractivity contribution in [3.8, 4) is 0 Å². The van der Waals surface area contributed by atoms with Crippen molar-refractivity contribution in [3.63, 3.8) is 0 Å². The van der Waals surface area contributed by atoms with Crippen LogP contribution >= 0.6 is 23.2 Å². The quantitative estimate of drug-likeness (QED) is 0.508. The maximum Gasteiger partial charge on any atom is 0.245 e. The van der Waals surface area contributed by atoms with Crippen molar-refractivity contribution in [2.75, 3.05) is 0 Å². The minimum absolute atomic E-state index is 0.00298. The third kappa shape index (κ3) is 7.44. The van der Waals surface area contributed by atoms with Crippen LogP contribution in [0.2, 0.25) is 0 Å². The van der Waals surface area contributed by atoms with Crippen LogP contribution in [0.5, 0.6) is 0 Å². The molecule has 0 aliphatic carbocycles. The van der Waals surface area contributed by atoms with E-state index in [-0.39, 0.29) is 18.6 Å². The molecular weight excluding hydrogens is 203 g/mol. The summed E-state index contributed by atoms with van der Waals surface area (Å²) in [4.78, 5) is 31.0. The molecule has 0 aromatic heterocycles. The first-order chi connectivity index (χ1) is 5.52. The van der Waals surface area contributed by atoms with Gasteiger partial charge in [-0.25, -0.2) is 0 Å². The third-order valence-corrected chi connectivity index (χ3v) is 1.28. The molecule has 0 bridgehead atoms. The topological polar surface area (TPSA) is 51.2 Å². The Morgan fingerprint density at radius 3 is 2.00 bits per heavy atom. The predicted molar refractivity (Wildman–Crippen MR) is 45.1 cm³/mol. The minimum atomic E-state index is -0.722. The fourth-order valence-electron chi connectivity index (χ4n) is 0.463. The molecule has 0 unspecified atom stereocenters. The number of allylic oxidation sites excluding steroid dienone is 2. The Labute approximate surface area is 79.3 Å². The average Bonchev–Trinajstić information content (AvgIpc) is 1.96. The molecule has 0 aromatic rings. The largest absolute Gasteiger partial charge is 0.295 e. The molecule has 3 nitrogen and oxygen atoms in total. The number of carbonyl (C=O) groups is 3. The first-order valence-electron chi connectivity index (χ1n) is 3.11. The van der Waals surface area contributed by atoms with Gasteiger partial charge in [0.15, 0.2) is 5.78 Å². The predicted octanol–water partition coefficient (Wildman–Crippen LogP) is 1.42. The van der Waals surface area contributed by atoms with E-state index in [0.717, 1.165) is 12.2 Å². The van der Waals surface area contributed by atoms with Gasteiger partial charge in [0.2, 0.25) is 10.5 Å². The van der Waals surface area contributed by atoms with Crippen LogP contribution < -0.4 is 0 Å². The minimum Gasteiger partial charge on any atom is -0.295 e. The number of carbonyl (C=O) groups excluding carboxylic acids is 3. The molecule has 0 atom stereocenters. The van der Waals surface area contributed by atoms with Gasteiger partial charge in [-0.1, -0.05) is 0 Å². The van der Waals surface area contributed by atoms with Gasteiger partial charge in [0.25, 0.3) is 0 Å². The summed E-state index contributed by atoms with van der Waals surface area (Å²) in [6.07, 6.45) is 1.93. The van der Waals surface area contributed by atoms with E-state index in [4.69, 9.17) is 23.2 Å². The maximum absolute atomic E-state index is 10.7. The van der Waals surface area contributed by atoms with E-state index < -0.39 is 10.5 Å². The van der Waals surface area contributed by atoms with Crippen molar-refractivity contribution in [1.29, 1.82) is 0 Å². The molecule has 66 valence electrons. The van der Waals surface area contributed by atoms with Crippen molar-refractivity contribution in [2.24, 2.45) is 0 Å². The van der Waals surface area contributed by atoms with E-state index in [0.29, 0.717) is 0 Å². The Bertz CT molecular complexity index is 233. The molecule has 0 aliphatic heterocycles. The lowest BCUT2D eigenvalue weighted by Gasteiger charge is -1.88. The van der Waals surface area contributed by atoms with Crippen molar-refractivity contribution in [1.82, 2.24) is 0 Å². The third-order valence-electron chi connectivity index (χ3n) is 0.968. The molecule has 0 rings (SSSR count). The first-order valence-corrected chi connectivity index (χ1v) is 3.86. The maximum atomic E-state index is 10.7. The monoisotopic (exact) mass is 208 g/mol. The molecule has 12 heavy (non-hydrogen) atoms. The Balaban J connectivity index is 3.75. The lowest BCUT2D eigenvalue weighted by atomic mass is 10.2. The fourth-order valence-corrected chi connectivity index (χ4v) is 0.621. The standard InChI is InChI=1S/C7H6Cl2O3/c8-6(11)3-1-5(10)2-4-7(9)12/h1,3H,2,4H2/b3-1-. The Hall–Kier alpha value is -0.670. The smallest absolute Gasteiger partial charge is 0.245 e. The van der Waals surface area contributed by atoms with Crippen LogP contribution in [-0.4, -0.2) is 16.3 Å². The van der Waals surface area contributed by atoms with Crippen LogP contribution in [0.15, 0.2) is 12.2 Å². The van der Waals surface area contributed by atoms with Crippen molar-refractivity contribution in [2.45, 2.75) is 12.8 Å². The highest BCUT2D eigenvalue weighted by atomic mass is 35.5. The van der Waals surface area contributed by atoms with Crippen LogP contribution in [0, 0.1) is 0 Å². The van der Waals surface area contributed by atoms with Crippen molar-refractivity contribution >= 4 is 39.5 Å². The van der Waals surface area contributed by atoms with Gasteiger partial charge in [-0.3, -0.25) is 14.4 Å². The number of ketones is 1. The summed E-state index contributed by atoms with van der Waals surface area (Å²) in [7, 11) is 0. The van der Waals surface area contributed by atoms with Gasteiger partial charge in [-0.05, 0) is 29.3 Å². The van der Waals surface area contributed by atoms with Gasteiger partial charge in [-0.15, -0.1) is 0 Å². The average molecular weight is 209 g/mol. The van der Waals surface area contributed by atoms with Gasteiger partial charge < -0.3 is 0 Å². The molecule has 0 aromatic carbocycles. The van der Waals surface area contributed by atoms with Crippen LogP contribution in [0.3, 0.4) is 0 Å². The molecular formula is C7H6Cl2O3. The second-order valence-corrected chi connectivity index (χ2v) is 2.75. The number of hydrogen-bond acceptors (Lipinski definition) is 3. The zero-order chi connectivity index (χ0) is 9.56. The fraction of sp³-hybridized carbons (Fsp3) is 0.286. The first kappa shape index (κ1) is 11.3. The van der Waals surface area contributed by atoms with Crippen LogP contribution in [0.4, 0.5) is 0 Å². The molecule has 0 amide bonds. The van der Waals surface area contributed by atoms with Gasteiger partial charge >= 0.3 is 0 Å². The molecule has 0 spiro atoms. The van der Waals surface area contributed by atoms with Crippen LogP contribution in [-0.2, 0) is 14.4 Å².